The first-order valence-electron chi connectivity index (χ1n) is 6.47. The smallest absolute Gasteiger partial charge is 0.332 e. The molecule has 0 radical (unpaired) electrons. The first-order valence-corrected chi connectivity index (χ1v) is 6.47. The van der Waals surface area contributed by atoms with E-state index in [0.29, 0.717) is 0 Å². The SMILES string of the molecule is O=C(O)C(O)Cc1c2ccccc2cc2ccccc12. The van der Waals surface area contributed by atoms with Crippen LogP contribution in [0.1, 0.15) is 5.56 Å². The first-order chi connectivity index (χ1) is 9.66. The summed E-state index contributed by atoms with van der Waals surface area (Å²) in [6.07, 6.45) is -1.28. The van der Waals surface area contributed by atoms with E-state index in [1.807, 2.05) is 48.5 Å². The number of aliphatic hydroxyl groups is 1. The number of carboxylic acids is 1. The molecule has 0 aliphatic rings. The largest absolute Gasteiger partial charge is 0.479 e. The fraction of sp³-hybridized carbons (Fsp3) is 0.118. The van der Waals surface area contributed by atoms with E-state index in [4.69, 9.17) is 5.11 Å². The highest BCUT2D eigenvalue weighted by atomic mass is 16.4. The number of carboxylic acid groups (broad SMARTS) is 1. The molecule has 0 aliphatic heterocycles. The van der Waals surface area contributed by atoms with Crippen LogP contribution in [0.3, 0.4) is 0 Å². The minimum Gasteiger partial charge on any atom is -0.479 e. The molecule has 20 heavy (non-hydrogen) atoms. The summed E-state index contributed by atoms with van der Waals surface area (Å²) >= 11 is 0. The number of benzene rings is 3. The number of hydrogen-bond donors (Lipinski definition) is 2. The van der Waals surface area contributed by atoms with Crippen LogP contribution in [0, 0.1) is 0 Å². The Kier molecular flexibility index (Phi) is 3.12. The Labute approximate surface area is 116 Å². The van der Waals surface area contributed by atoms with Gasteiger partial charge in [0, 0.05) is 6.42 Å². The topological polar surface area (TPSA) is 57.5 Å². The number of aliphatic carboxylic acids is 1. The van der Waals surface area contributed by atoms with E-state index in [1.54, 1.807) is 0 Å². The Morgan fingerprint density at radius 3 is 1.95 bits per heavy atom. The third-order valence-corrected chi connectivity index (χ3v) is 3.57. The minimum absolute atomic E-state index is 0.108. The van der Waals surface area contributed by atoms with E-state index >= 15 is 0 Å². The third kappa shape index (κ3) is 2.12. The van der Waals surface area contributed by atoms with Gasteiger partial charge in [-0.25, -0.2) is 4.79 Å². The van der Waals surface area contributed by atoms with E-state index in [2.05, 4.69) is 6.07 Å². The summed E-state index contributed by atoms with van der Waals surface area (Å²) in [5.41, 5.74) is 0.883. The lowest BCUT2D eigenvalue weighted by Gasteiger charge is -2.13. The number of fused-ring (bicyclic) bond motifs is 2. The molecule has 0 aliphatic carbocycles. The highest BCUT2D eigenvalue weighted by Crippen LogP contribution is 2.29. The molecule has 0 amide bonds. The van der Waals surface area contributed by atoms with E-state index in [9.17, 15) is 9.90 Å². The van der Waals surface area contributed by atoms with Crippen LogP contribution in [-0.4, -0.2) is 22.3 Å². The molecule has 0 saturated carbocycles. The van der Waals surface area contributed by atoms with Crippen LogP contribution in [0.2, 0.25) is 0 Å². The number of hydrogen-bond acceptors (Lipinski definition) is 2. The van der Waals surface area contributed by atoms with Gasteiger partial charge in [-0.05, 0) is 33.2 Å². The Balaban J connectivity index is 2.30. The van der Waals surface area contributed by atoms with Crippen LogP contribution in [-0.2, 0) is 11.2 Å². The first kappa shape index (κ1) is 12.6. The van der Waals surface area contributed by atoms with Crippen LogP contribution in [0.5, 0.6) is 0 Å². The Hall–Kier alpha value is -2.39. The van der Waals surface area contributed by atoms with Gasteiger partial charge >= 0.3 is 5.97 Å². The predicted octanol–water partition coefficient (Wildman–Crippen LogP) is 2.98. The molecule has 0 spiro atoms. The second-order valence-electron chi connectivity index (χ2n) is 4.86. The highest BCUT2D eigenvalue weighted by Gasteiger charge is 2.17. The zero-order valence-electron chi connectivity index (χ0n) is 10.8. The Morgan fingerprint density at radius 1 is 0.950 bits per heavy atom. The quantitative estimate of drug-likeness (QED) is 0.716. The van der Waals surface area contributed by atoms with Gasteiger partial charge in [0.1, 0.15) is 0 Å². The second-order valence-corrected chi connectivity index (χ2v) is 4.86. The lowest BCUT2D eigenvalue weighted by Crippen LogP contribution is -2.22. The molecule has 1 unspecified atom stereocenters. The van der Waals surface area contributed by atoms with Crippen molar-refractivity contribution in [3.8, 4) is 0 Å². The summed E-state index contributed by atoms with van der Waals surface area (Å²) in [5, 5.41) is 22.7. The van der Waals surface area contributed by atoms with Crippen molar-refractivity contribution in [3.63, 3.8) is 0 Å². The second kappa shape index (κ2) is 4.94. The fourth-order valence-corrected chi connectivity index (χ4v) is 2.61. The van der Waals surface area contributed by atoms with Gasteiger partial charge in [0.2, 0.25) is 0 Å². The molecule has 2 N–H and O–H groups in total. The van der Waals surface area contributed by atoms with Crippen molar-refractivity contribution in [1.29, 1.82) is 0 Å². The molecule has 3 aromatic carbocycles. The predicted molar refractivity (Wildman–Crippen MR) is 78.8 cm³/mol. The highest BCUT2D eigenvalue weighted by molar-refractivity contribution is 6.02. The van der Waals surface area contributed by atoms with Crippen molar-refractivity contribution in [3.05, 3.63) is 60.2 Å². The van der Waals surface area contributed by atoms with E-state index in [1.165, 1.54) is 0 Å². The summed E-state index contributed by atoms with van der Waals surface area (Å²) < 4.78 is 0. The summed E-state index contributed by atoms with van der Waals surface area (Å²) in [6, 6.07) is 17.8. The van der Waals surface area contributed by atoms with Gasteiger partial charge in [-0.2, -0.15) is 0 Å². The molecule has 0 bridgehead atoms. The molecular weight excluding hydrogens is 252 g/mol. The van der Waals surface area contributed by atoms with E-state index in [-0.39, 0.29) is 6.42 Å². The molecule has 0 fully saturated rings. The molecule has 0 saturated heterocycles. The van der Waals surface area contributed by atoms with Gasteiger partial charge < -0.3 is 10.2 Å². The molecular formula is C17H14O3. The maximum Gasteiger partial charge on any atom is 0.332 e. The van der Waals surface area contributed by atoms with Crippen molar-refractivity contribution in [2.45, 2.75) is 12.5 Å². The van der Waals surface area contributed by atoms with Crippen LogP contribution < -0.4 is 0 Å². The molecule has 0 heterocycles. The molecule has 1 atom stereocenters. The van der Waals surface area contributed by atoms with Gasteiger partial charge in [-0.15, -0.1) is 0 Å². The average Bonchev–Trinajstić information content (AvgIpc) is 2.46. The Morgan fingerprint density at radius 2 is 1.45 bits per heavy atom. The fourth-order valence-electron chi connectivity index (χ4n) is 2.61. The van der Waals surface area contributed by atoms with Crippen LogP contribution in [0.15, 0.2) is 54.6 Å². The lowest BCUT2D eigenvalue weighted by molar-refractivity contribution is -0.146. The molecule has 0 aromatic heterocycles. The maximum atomic E-state index is 10.9. The molecule has 100 valence electrons. The van der Waals surface area contributed by atoms with Crippen molar-refractivity contribution in [2.75, 3.05) is 0 Å². The summed E-state index contributed by atoms with van der Waals surface area (Å²) in [4.78, 5) is 10.9. The minimum atomic E-state index is -1.38. The van der Waals surface area contributed by atoms with E-state index < -0.39 is 12.1 Å². The van der Waals surface area contributed by atoms with Gasteiger partial charge in [-0.3, -0.25) is 0 Å². The Bertz CT molecular complexity index is 738. The maximum absolute atomic E-state index is 10.9. The molecule has 3 nitrogen and oxygen atoms in total. The van der Waals surface area contributed by atoms with Gasteiger partial charge in [-0.1, -0.05) is 48.5 Å². The standard InChI is InChI=1S/C17H14O3/c18-16(17(19)20)10-15-13-7-3-1-5-11(13)9-12-6-2-4-8-14(12)15/h1-9,16,18H,10H2,(H,19,20). The molecule has 3 aromatic rings. The van der Waals surface area contributed by atoms with Crippen molar-refractivity contribution in [2.24, 2.45) is 0 Å². The zero-order valence-corrected chi connectivity index (χ0v) is 10.8. The van der Waals surface area contributed by atoms with Crippen LogP contribution in [0.4, 0.5) is 0 Å². The number of rotatable bonds is 3. The number of carbonyl (C=O) groups is 1. The van der Waals surface area contributed by atoms with Crippen molar-refractivity contribution >= 4 is 27.5 Å². The van der Waals surface area contributed by atoms with Gasteiger partial charge in [0.05, 0.1) is 0 Å². The normalized spacial score (nSPS) is 12.7. The molecule has 3 heteroatoms. The van der Waals surface area contributed by atoms with Gasteiger partial charge in [0.25, 0.3) is 0 Å². The summed E-state index contributed by atoms with van der Waals surface area (Å²) in [7, 11) is 0. The molecule has 3 rings (SSSR count). The summed E-state index contributed by atoms with van der Waals surface area (Å²) in [6.45, 7) is 0. The van der Waals surface area contributed by atoms with Gasteiger partial charge in [0.15, 0.2) is 6.10 Å². The van der Waals surface area contributed by atoms with Crippen LogP contribution in [0.25, 0.3) is 21.5 Å². The van der Waals surface area contributed by atoms with Crippen molar-refractivity contribution in [1.82, 2.24) is 0 Å². The zero-order chi connectivity index (χ0) is 14.1. The lowest BCUT2D eigenvalue weighted by atomic mass is 9.93. The van der Waals surface area contributed by atoms with Crippen molar-refractivity contribution < 1.29 is 15.0 Å². The third-order valence-electron chi connectivity index (χ3n) is 3.57. The van der Waals surface area contributed by atoms with Crippen LogP contribution >= 0.6 is 0 Å². The summed E-state index contributed by atoms with van der Waals surface area (Å²) in [5.74, 6) is -1.19. The number of aliphatic hydroxyl groups excluding tert-OH is 1. The van der Waals surface area contributed by atoms with E-state index in [0.717, 1.165) is 27.1 Å². The monoisotopic (exact) mass is 266 g/mol. The average molecular weight is 266 g/mol.